The first kappa shape index (κ1) is 14.2. The average molecular weight is 218 g/mol. The van der Waals surface area contributed by atoms with Crippen molar-refractivity contribution in [1.82, 2.24) is 5.32 Å². The van der Waals surface area contributed by atoms with Gasteiger partial charge in [-0.25, -0.2) is 4.79 Å². The van der Waals surface area contributed by atoms with E-state index in [-0.39, 0.29) is 12.6 Å². The molecule has 15 heavy (non-hydrogen) atoms. The smallest absolute Gasteiger partial charge is 0.407 e. The van der Waals surface area contributed by atoms with Gasteiger partial charge in [0.25, 0.3) is 0 Å². The molecule has 0 aromatic carbocycles. The van der Waals surface area contributed by atoms with E-state index in [9.17, 15) is 9.90 Å². The Balaban J connectivity index is 4.13. The highest BCUT2D eigenvalue weighted by molar-refractivity contribution is 5.68. The summed E-state index contributed by atoms with van der Waals surface area (Å²) >= 11 is 0. The molecule has 4 N–H and O–H groups in total. The third kappa shape index (κ3) is 6.30. The molecule has 0 aliphatic heterocycles. The fourth-order valence-electron chi connectivity index (χ4n) is 1.09. The number of rotatable bonds is 4. The molecule has 0 saturated heterocycles. The molecule has 1 amide bonds. The molecular weight excluding hydrogens is 196 g/mol. The summed E-state index contributed by atoms with van der Waals surface area (Å²) in [4.78, 5) is 11.4. The van der Waals surface area contributed by atoms with Gasteiger partial charge in [0.2, 0.25) is 0 Å². The molecule has 0 heterocycles. The highest BCUT2D eigenvalue weighted by atomic mass is 16.6. The van der Waals surface area contributed by atoms with E-state index in [1.54, 1.807) is 20.8 Å². The van der Waals surface area contributed by atoms with Gasteiger partial charge in [0.15, 0.2) is 0 Å². The molecule has 90 valence electrons. The van der Waals surface area contributed by atoms with E-state index in [0.717, 1.165) is 0 Å². The highest BCUT2D eigenvalue weighted by Crippen LogP contribution is 2.07. The predicted molar refractivity (Wildman–Crippen MR) is 58.5 cm³/mol. The van der Waals surface area contributed by atoms with Crippen LogP contribution in [0.15, 0.2) is 0 Å². The minimum Gasteiger partial charge on any atom is -0.444 e. The summed E-state index contributed by atoms with van der Waals surface area (Å²) in [6.45, 7) is 7.34. The van der Waals surface area contributed by atoms with Crippen molar-refractivity contribution in [3.63, 3.8) is 0 Å². The van der Waals surface area contributed by atoms with E-state index in [4.69, 9.17) is 10.5 Å². The monoisotopic (exact) mass is 218 g/mol. The van der Waals surface area contributed by atoms with Crippen molar-refractivity contribution < 1.29 is 14.6 Å². The number of nitrogens with one attached hydrogen (secondary N) is 1. The van der Waals surface area contributed by atoms with Gasteiger partial charge in [-0.15, -0.1) is 0 Å². The third-order valence-electron chi connectivity index (χ3n) is 1.85. The van der Waals surface area contributed by atoms with Crippen LogP contribution in [0.3, 0.4) is 0 Å². The van der Waals surface area contributed by atoms with E-state index in [1.165, 1.54) is 0 Å². The molecule has 2 atom stereocenters. The van der Waals surface area contributed by atoms with Crippen molar-refractivity contribution in [3.05, 3.63) is 0 Å². The zero-order chi connectivity index (χ0) is 12.1. The van der Waals surface area contributed by atoms with Gasteiger partial charge < -0.3 is 20.9 Å². The van der Waals surface area contributed by atoms with Crippen molar-refractivity contribution in [3.8, 4) is 0 Å². The molecular formula is C10H22N2O3. The summed E-state index contributed by atoms with van der Waals surface area (Å²) < 4.78 is 5.06. The van der Waals surface area contributed by atoms with Crippen molar-refractivity contribution in [1.29, 1.82) is 0 Å². The van der Waals surface area contributed by atoms with Gasteiger partial charge in [-0.05, 0) is 27.2 Å². The van der Waals surface area contributed by atoms with Crippen LogP contribution in [0, 0.1) is 0 Å². The highest BCUT2D eigenvalue weighted by Gasteiger charge is 2.22. The molecule has 0 aromatic heterocycles. The number of aliphatic hydroxyl groups is 1. The lowest BCUT2D eigenvalue weighted by atomic mass is 10.1. The maximum Gasteiger partial charge on any atom is 0.407 e. The molecule has 5 nitrogen and oxygen atoms in total. The molecule has 0 spiro atoms. The first-order chi connectivity index (χ1) is 6.80. The molecule has 0 saturated carbocycles. The molecule has 2 unspecified atom stereocenters. The number of alkyl carbamates (subject to hydrolysis) is 1. The first-order valence-corrected chi connectivity index (χ1v) is 5.17. The van der Waals surface area contributed by atoms with Crippen LogP contribution in [-0.4, -0.2) is 35.5 Å². The van der Waals surface area contributed by atoms with Crippen LogP contribution in [0.25, 0.3) is 0 Å². The summed E-state index contributed by atoms with van der Waals surface area (Å²) in [7, 11) is 0. The number of hydrogen-bond donors (Lipinski definition) is 3. The number of aliphatic hydroxyl groups excluding tert-OH is 1. The Labute approximate surface area is 91.0 Å². The van der Waals surface area contributed by atoms with Crippen LogP contribution in [0.1, 0.15) is 34.1 Å². The normalized spacial score (nSPS) is 15.6. The SMILES string of the molecule is CCC(NC(=O)OC(C)(C)C)C(O)CN. The maximum atomic E-state index is 11.4. The van der Waals surface area contributed by atoms with E-state index in [0.29, 0.717) is 6.42 Å². The van der Waals surface area contributed by atoms with Crippen LogP contribution in [0.5, 0.6) is 0 Å². The molecule has 0 aliphatic carbocycles. The van der Waals surface area contributed by atoms with Crippen molar-refractivity contribution in [2.45, 2.75) is 51.9 Å². The molecule has 0 radical (unpaired) electrons. The molecule has 0 aromatic rings. The van der Waals surface area contributed by atoms with Gasteiger partial charge in [-0.1, -0.05) is 6.92 Å². The Hall–Kier alpha value is -0.810. The summed E-state index contributed by atoms with van der Waals surface area (Å²) in [5.41, 5.74) is 4.78. The van der Waals surface area contributed by atoms with Gasteiger partial charge >= 0.3 is 6.09 Å². The first-order valence-electron chi connectivity index (χ1n) is 5.17. The lowest BCUT2D eigenvalue weighted by molar-refractivity contribution is 0.0427. The lowest BCUT2D eigenvalue weighted by Gasteiger charge is -2.25. The minimum absolute atomic E-state index is 0.119. The van der Waals surface area contributed by atoms with Gasteiger partial charge in [-0.3, -0.25) is 0 Å². The van der Waals surface area contributed by atoms with Crippen LogP contribution in [-0.2, 0) is 4.74 Å². The van der Waals surface area contributed by atoms with Crippen LogP contribution >= 0.6 is 0 Å². The summed E-state index contributed by atoms with van der Waals surface area (Å²) in [5, 5.41) is 12.1. The number of amides is 1. The number of carbonyl (C=O) groups excluding carboxylic acids is 1. The Kier molecular flexibility index (Phi) is 5.60. The molecule has 5 heteroatoms. The second-order valence-corrected chi connectivity index (χ2v) is 4.46. The number of nitrogens with two attached hydrogens (primary N) is 1. The van der Waals surface area contributed by atoms with E-state index < -0.39 is 17.8 Å². The van der Waals surface area contributed by atoms with Gasteiger partial charge in [0.1, 0.15) is 5.60 Å². The van der Waals surface area contributed by atoms with E-state index >= 15 is 0 Å². The standard InChI is InChI=1S/C10H22N2O3/c1-5-7(8(13)6-11)12-9(14)15-10(2,3)4/h7-8,13H,5-6,11H2,1-4H3,(H,12,14). The van der Waals surface area contributed by atoms with Crippen molar-refractivity contribution >= 4 is 6.09 Å². The Morgan fingerprint density at radius 3 is 2.40 bits per heavy atom. The molecule has 0 bridgehead atoms. The zero-order valence-electron chi connectivity index (χ0n) is 9.91. The van der Waals surface area contributed by atoms with Gasteiger partial charge in [-0.2, -0.15) is 0 Å². The van der Waals surface area contributed by atoms with Crippen LogP contribution in [0.4, 0.5) is 4.79 Å². The fourth-order valence-corrected chi connectivity index (χ4v) is 1.09. The quantitative estimate of drug-likeness (QED) is 0.645. The number of carbonyl (C=O) groups is 1. The van der Waals surface area contributed by atoms with Gasteiger partial charge in [0, 0.05) is 6.54 Å². The van der Waals surface area contributed by atoms with Crippen LogP contribution < -0.4 is 11.1 Å². The van der Waals surface area contributed by atoms with E-state index in [1.807, 2.05) is 6.92 Å². The van der Waals surface area contributed by atoms with Crippen molar-refractivity contribution in [2.24, 2.45) is 5.73 Å². The van der Waals surface area contributed by atoms with Gasteiger partial charge in [0.05, 0.1) is 12.1 Å². The Bertz CT molecular complexity index is 201. The van der Waals surface area contributed by atoms with E-state index in [2.05, 4.69) is 5.32 Å². The van der Waals surface area contributed by atoms with Crippen LogP contribution in [0.2, 0.25) is 0 Å². The summed E-state index contributed by atoms with van der Waals surface area (Å²) in [6, 6.07) is -0.357. The molecule has 0 aliphatic rings. The second-order valence-electron chi connectivity index (χ2n) is 4.46. The Morgan fingerprint density at radius 1 is 1.53 bits per heavy atom. The minimum atomic E-state index is -0.734. The predicted octanol–water partition coefficient (Wildman–Crippen LogP) is 0.609. The topological polar surface area (TPSA) is 84.6 Å². The van der Waals surface area contributed by atoms with Crippen molar-refractivity contribution in [2.75, 3.05) is 6.54 Å². The molecule has 0 fully saturated rings. The summed E-state index contributed by atoms with van der Waals surface area (Å²) in [5.74, 6) is 0. The largest absolute Gasteiger partial charge is 0.444 e. The lowest BCUT2D eigenvalue weighted by Crippen LogP contribution is -2.47. The average Bonchev–Trinajstić information content (AvgIpc) is 2.10. The Morgan fingerprint density at radius 2 is 2.07 bits per heavy atom. The third-order valence-corrected chi connectivity index (χ3v) is 1.85. The second kappa shape index (κ2) is 5.92. The number of hydrogen-bond acceptors (Lipinski definition) is 4. The number of ether oxygens (including phenoxy) is 1. The summed E-state index contributed by atoms with van der Waals surface area (Å²) in [6.07, 6.45) is -0.651. The zero-order valence-corrected chi connectivity index (χ0v) is 9.91. The fraction of sp³-hybridized carbons (Fsp3) is 0.900. The maximum absolute atomic E-state index is 11.4. The molecule has 0 rings (SSSR count).